The first-order valence-corrected chi connectivity index (χ1v) is 8.35. The summed E-state index contributed by atoms with van der Waals surface area (Å²) in [5.41, 5.74) is 3.39. The minimum absolute atomic E-state index is 0.0827. The second-order valence-corrected chi connectivity index (χ2v) is 5.63. The molecule has 0 bridgehead atoms. The van der Waals surface area contributed by atoms with Crippen LogP contribution < -0.4 is 14.9 Å². The summed E-state index contributed by atoms with van der Waals surface area (Å²) in [6.45, 7) is 2.21. The number of pyridine rings is 1. The summed E-state index contributed by atoms with van der Waals surface area (Å²) in [5.74, 6) is 0.394. The predicted octanol–water partition coefficient (Wildman–Crippen LogP) is 1.71. The van der Waals surface area contributed by atoms with Crippen LogP contribution in [0.15, 0.2) is 47.7 Å². The normalized spacial score (nSPS) is 10.5. The summed E-state index contributed by atoms with van der Waals surface area (Å²) >= 11 is 0. The molecule has 27 heavy (non-hydrogen) atoms. The SMILES string of the molecule is CCOc1cc(C=NNC(=O)c2ccccn2)ccc1OCC(=O)N(C)C. The number of hydrogen-bond donors (Lipinski definition) is 1. The minimum atomic E-state index is -0.404. The molecule has 142 valence electrons. The maximum Gasteiger partial charge on any atom is 0.289 e. The predicted molar refractivity (Wildman–Crippen MR) is 101 cm³/mol. The third-order valence-electron chi connectivity index (χ3n) is 3.39. The van der Waals surface area contributed by atoms with E-state index in [9.17, 15) is 9.59 Å². The third-order valence-corrected chi connectivity index (χ3v) is 3.39. The van der Waals surface area contributed by atoms with Gasteiger partial charge >= 0.3 is 0 Å². The molecule has 0 spiro atoms. The Balaban J connectivity index is 2.03. The second kappa shape index (κ2) is 9.91. The van der Waals surface area contributed by atoms with E-state index in [2.05, 4.69) is 15.5 Å². The summed E-state index contributed by atoms with van der Waals surface area (Å²) in [6, 6.07) is 10.2. The van der Waals surface area contributed by atoms with E-state index >= 15 is 0 Å². The Labute approximate surface area is 157 Å². The smallest absolute Gasteiger partial charge is 0.289 e. The fraction of sp³-hybridized carbons (Fsp3) is 0.263. The van der Waals surface area contributed by atoms with Crippen molar-refractivity contribution in [2.24, 2.45) is 5.10 Å². The molecule has 2 rings (SSSR count). The first kappa shape index (κ1) is 19.9. The lowest BCUT2D eigenvalue weighted by Crippen LogP contribution is -2.27. The maximum absolute atomic E-state index is 11.9. The molecule has 0 radical (unpaired) electrons. The Kier molecular flexibility index (Phi) is 7.30. The fourth-order valence-electron chi connectivity index (χ4n) is 1.98. The van der Waals surface area contributed by atoms with E-state index in [0.717, 1.165) is 0 Å². The molecule has 2 amide bonds. The van der Waals surface area contributed by atoms with E-state index in [0.29, 0.717) is 23.7 Å². The quantitative estimate of drug-likeness (QED) is 0.564. The van der Waals surface area contributed by atoms with Crippen LogP contribution in [0.3, 0.4) is 0 Å². The molecule has 0 aliphatic rings. The number of hydrazone groups is 1. The van der Waals surface area contributed by atoms with E-state index in [-0.39, 0.29) is 18.2 Å². The Morgan fingerprint density at radius 3 is 2.67 bits per heavy atom. The van der Waals surface area contributed by atoms with Gasteiger partial charge in [-0.25, -0.2) is 5.43 Å². The summed E-state index contributed by atoms with van der Waals surface area (Å²) < 4.78 is 11.1. The molecule has 1 heterocycles. The van der Waals surface area contributed by atoms with Crippen molar-refractivity contribution in [3.8, 4) is 11.5 Å². The van der Waals surface area contributed by atoms with Gasteiger partial charge in [0.25, 0.3) is 11.8 Å². The van der Waals surface area contributed by atoms with Crippen molar-refractivity contribution in [3.63, 3.8) is 0 Å². The Bertz CT molecular complexity index is 807. The number of ether oxygens (including phenoxy) is 2. The Hall–Kier alpha value is -3.42. The van der Waals surface area contributed by atoms with Crippen LogP contribution in [0.2, 0.25) is 0 Å². The summed E-state index contributed by atoms with van der Waals surface area (Å²) in [7, 11) is 3.32. The van der Waals surface area contributed by atoms with Gasteiger partial charge in [-0.3, -0.25) is 14.6 Å². The molecule has 2 aromatic rings. The molecule has 0 atom stereocenters. The number of nitrogens with zero attached hydrogens (tertiary/aromatic N) is 3. The van der Waals surface area contributed by atoms with Crippen LogP contribution in [0, 0.1) is 0 Å². The van der Waals surface area contributed by atoms with Crippen LogP contribution in [-0.2, 0) is 4.79 Å². The highest BCUT2D eigenvalue weighted by molar-refractivity contribution is 5.93. The molecule has 1 N–H and O–H groups in total. The molecule has 8 heteroatoms. The summed E-state index contributed by atoms with van der Waals surface area (Å²) in [4.78, 5) is 29.0. The molecule has 1 aromatic heterocycles. The summed E-state index contributed by atoms with van der Waals surface area (Å²) in [6.07, 6.45) is 3.02. The monoisotopic (exact) mass is 370 g/mol. The number of benzene rings is 1. The Morgan fingerprint density at radius 1 is 1.19 bits per heavy atom. The van der Waals surface area contributed by atoms with Crippen molar-refractivity contribution in [1.82, 2.24) is 15.3 Å². The first-order valence-electron chi connectivity index (χ1n) is 8.35. The number of carbonyl (C=O) groups excluding carboxylic acids is 2. The number of carbonyl (C=O) groups is 2. The van der Waals surface area contributed by atoms with Gasteiger partial charge in [-0.05, 0) is 42.8 Å². The summed E-state index contributed by atoms with van der Waals surface area (Å²) in [5, 5.41) is 3.92. The molecule has 0 saturated carbocycles. The number of nitrogens with one attached hydrogen (secondary N) is 1. The van der Waals surface area contributed by atoms with Crippen molar-refractivity contribution < 1.29 is 19.1 Å². The molecule has 8 nitrogen and oxygen atoms in total. The average Bonchev–Trinajstić information content (AvgIpc) is 2.67. The standard InChI is InChI=1S/C19H22N4O4/c1-4-26-17-11-14(8-9-16(17)27-13-18(24)23(2)3)12-21-22-19(25)15-7-5-6-10-20-15/h5-12H,4,13H2,1-3H3,(H,22,25). The van der Waals surface area contributed by atoms with Crippen LogP contribution in [0.1, 0.15) is 23.0 Å². The van der Waals surface area contributed by atoms with Gasteiger partial charge in [0.2, 0.25) is 0 Å². The van der Waals surface area contributed by atoms with Gasteiger partial charge in [-0.15, -0.1) is 0 Å². The number of likely N-dealkylation sites (N-methyl/N-ethyl adjacent to an activating group) is 1. The lowest BCUT2D eigenvalue weighted by Gasteiger charge is -2.14. The molecule has 0 unspecified atom stereocenters. The van der Waals surface area contributed by atoms with Gasteiger partial charge in [0, 0.05) is 20.3 Å². The molecular formula is C19H22N4O4. The van der Waals surface area contributed by atoms with E-state index in [1.807, 2.05) is 6.92 Å². The van der Waals surface area contributed by atoms with Crippen molar-refractivity contribution in [2.45, 2.75) is 6.92 Å². The van der Waals surface area contributed by atoms with Crippen molar-refractivity contribution in [2.75, 3.05) is 27.3 Å². The number of amides is 2. The van der Waals surface area contributed by atoms with Crippen LogP contribution in [0.4, 0.5) is 0 Å². The van der Waals surface area contributed by atoms with Gasteiger partial charge in [0.1, 0.15) is 5.69 Å². The number of hydrogen-bond acceptors (Lipinski definition) is 6. The van der Waals surface area contributed by atoms with Gasteiger partial charge in [0.05, 0.1) is 12.8 Å². The van der Waals surface area contributed by atoms with Crippen LogP contribution >= 0.6 is 0 Å². The minimum Gasteiger partial charge on any atom is -0.490 e. The molecule has 0 aliphatic carbocycles. The fourth-order valence-corrected chi connectivity index (χ4v) is 1.98. The lowest BCUT2D eigenvalue weighted by molar-refractivity contribution is -0.130. The first-order chi connectivity index (χ1) is 13.0. The highest BCUT2D eigenvalue weighted by Gasteiger charge is 2.10. The van der Waals surface area contributed by atoms with E-state index < -0.39 is 5.91 Å². The van der Waals surface area contributed by atoms with E-state index in [1.165, 1.54) is 17.3 Å². The van der Waals surface area contributed by atoms with E-state index in [4.69, 9.17) is 9.47 Å². The zero-order valence-electron chi connectivity index (χ0n) is 15.5. The number of aromatic nitrogens is 1. The van der Waals surface area contributed by atoms with Gasteiger partial charge in [-0.1, -0.05) is 6.07 Å². The molecule has 0 fully saturated rings. The van der Waals surface area contributed by atoms with Gasteiger partial charge in [-0.2, -0.15) is 5.10 Å². The largest absolute Gasteiger partial charge is 0.490 e. The van der Waals surface area contributed by atoms with Gasteiger partial charge < -0.3 is 14.4 Å². The molecular weight excluding hydrogens is 348 g/mol. The van der Waals surface area contributed by atoms with E-state index in [1.54, 1.807) is 50.5 Å². The zero-order valence-corrected chi connectivity index (χ0v) is 15.5. The number of rotatable bonds is 8. The molecule has 0 saturated heterocycles. The van der Waals surface area contributed by atoms with Crippen molar-refractivity contribution in [1.29, 1.82) is 0 Å². The lowest BCUT2D eigenvalue weighted by atomic mass is 10.2. The van der Waals surface area contributed by atoms with Crippen molar-refractivity contribution in [3.05, 3.63) is 53.9 Å². The van der Waals surface area contributed by atoms with Crippen molar-refractivity contribution >= 4 is 18.0 Å². The third kappa shape index (κ3) is 6.10. The molecule has 0 aliphatic heterocycles. The van der Waals surface area contributed by atoms with Gasteiger partial charge in [0.15, 0.2) is 18.1 Å². The van der Waals surface area contributed by atoms with Crippen LogP contribution in [0.5, 0.6) is 11.5 Å². The van der Waals surface area contributed by atoms with Crippen LogP contribution in [-0.4, -0.2) is 55.2 Å². The molecule has 1 aromatic carbocycles. The topological polar surface area (TPSA) is 93.1 Å². The Morgan fingerprint density at radius 2 is 2.00 bits per heavy atom. The van der Waals surface area contributed by atoms with Crippen LogP contribution in [0.25, 0.3) is 0 Å². The second-order valence-electron chi connectivity index (χ2n) is 5.63. The highest BCUT2D eigenvalue weighted by atomic mass is 16.5. The maximum atomic E-state index is 11.9. The zero-order chi connectivity index (χ0) is 19.6. The highest BCUT2D eigenvalue weighted by Crippen LogP contribution is 2.28. The average molecular weight is 370 g/mol.